The topological polar surface area (TPSA) is 94.0 Å². The summed E-state index contributed by atoms with van der Waals surface area (Å²) in [6.07, 6.45) is 0. The van der Waals surface area contributed by atoms with E-state index in [1.165, 1.54) is 11.8 Å². The van der Waals surface area contributed by atoms with Crippen LogP contribution < -0.4 is 5.32 Å². The maximum Gasteiger partial charge on any atom is 0.234 e. The quantitative estimate of drug-likeness (QED) is 0.404. The second-order valence-electron chi connectivity index (χ2n) is 7.50. The first-order chi connectivity index (χ1) is 16.0. The van der Waals surface area contributed by atoms with Crippen LogP contribution in [0.2, 0.25) is 0 Å². The molecule has 0 unspecified atom stereocenters. The number of thioether (sulfide) groups is 1. The Balaban J connectivity index is 1.34. The molecule has 7 nitrogen and oxygen atoms in total. The number of benzene rings is 3. The fourth-order valence-corrected chi connectivity index (χ4v) is 4.56. The zero-order chi connectivity index (χ0) is 22.9. The Morgan fingerprint density at radius 1 is 0.848 bits per heavy atom. The largest absolute Gasteiger partial charge is 0.325 e. The highest BCUT2D eigenvalue weighted by molar-refractivity contribution is 7.99. The van der Waals surface area contributed by atoms with Crippen LogP contribution in [0.5, 0.6) is 0 Å². The van der Waals surface area contributed by atoms with Crippen molar-refractivity contribution in [3.05, 3.63) is 95.1 Å². The van der Waals surface area contributed by atoms with E-state index >= 15 is 0 Å². The van der Waals surface area contributed by atoms with Crippen molar-refractivity contribution >= 4 is 34.9 Å². The van der Waals surface area contributed by atoms with Gasteiger partial charge in [0.1, 0.15) is 0 Å². The normalized spacial score (nSPS) is 12.3. The van der Waals surface area contributed by atoms with Gasteiger partial charge in [-0.15, -0.1) is 10.2 Å². The molecule has 1 aromatic heterocycles. The smallest absolute Gasteiger partial charge is 0.234 e. The van der Waals surface area contributed by atoms with Crippen LogP contribution >= 0.6 is 11.8 Å². The molecule has 0 fully saturated rings. The molecule has 0 saturated carbocycles. The van der Waals surface area contributed by atoms with Crippen molar-refractivity contribution in [2.45, 2.75) is 5.16 Å². The summed E-state index contributed by atoms with van der Waals surface area (Å²) in [5, 5.41) is 11.8. The van der Waals surface area contributed by atoms with Gasteiger partial charge in [0.05, 0.1) is 17.0 Å². The molecule has 1 aliphatic carbocycles. The number of nitrogens with zero attached hydrogens (tertiary/aromatic N) is 3. The van der Waals surface area contributed by atoms with Crippen LogP contribution in [0.1, 0.15) is 31.8 Å². The molecular formula is C25H18N4O3S. The number of carbonyl (C=O) groups excluding carboxylic acids is 3. The second kappa shape index (κ2) is 8.48. The van der Waals surface area contributed by atoms with E-state index in [1.807, 2.05) is 41.9 Å². The summed E-state index contributed by atoms with van der Waals surface area (Å²) in [6, 6.07) is 21.3. The molecule has 33 heavy (non-hydrogen) atoms. The number of ketones is 2. The average Bonchev–Trinajstić information content (AvgIpc) is 3.22. The van der Waals surface area contributed by atoms with Gasteiger partial charge in [-0.05, 0) is 6.07 Å². The summed E-state index contributed by atoms with van der Waals surface area (Å²) in [5.41, 5.74) is 2.51. The molecule has 0 aliphatic heterocycles. The van der Waals surface area contributed by atoms with Crippen LogP contribution in [0.25, 0.3) is 11.4 Å². The Morgan fingerprint density at radius 2 is 1.52 bits per heavy atom. The van der Waals surface area contributed by atoms with Crippen LogP contribution in [-0.4, -0.2) is 38.0 Å². The highest BCUT2D eigenvalue weighted by atomic mass is 32.2. The zero-order valence-corrected chi connectivity index (χ0v) is 18.4. The number of nitrogens with one attached hydrogen (secondary N) is 1. The fraction of sp³-hybridized carbons (Fsp3) is 0.0800. The summed E-state index contributed by atoms with van der Waals surface area (Å²) in [4.78, 5) is 38.7. The van der Waals surface area contributed by atoms with Crippen molar-refractivity contribution in [3.8, 4) is 11.4 Å². The van der Waals surface area contributed by atoms with E-state index in [0.717, 1.165) is 5.56 Å². The lowest BCUT2D eigenvalue weighted by molar-refractivity contribution is -0.113. The van der Waals surface area contributed by atoms with Crippen LogP contribution in [0.4, 0.5) is 5.69 Å². The van der Waals surface area contributed by atoms with E-state index in [4.69, 9.17) is 0 Å². The van der Waals surface area contributed by atoms with Gasteiger partial charge in [0.2, 0.25) is 5.91 Å². The molecular weight excluding hydrogens is 436 g/mol. The van der Waals surface area contributed by atoms with Crippen LogP contribution in [0.15, 0.2) is 78.0 Å². The fourth-order valence-electron chi connectivity index (χ4n) is 3.84. The molecule has 8 heteroatoms. The van der Waals surface area contributed by atoms with E-state index in [9.17, 15) is 14.4 Å². The van der Waals surface area contributed by atoms with E-state index in [1.54, 1.807) is 42.5 Å². The number of hydrogen-bond donors (Lipinski definition) is 1. The lowest BCUT2D eigenvalue weighted by Gasteiger charge is -2.20. The molecule has 0 saturated heterocycles. The minimum atomic E-state index is -0.309. The molecule has 1 N–H and O–H groups in total. The third-order valence-corrected chi connectivity index (χ3v) is 6.45. The number of rotatable bonds is 5. The number of fused-ring (bicyclic) bond motifs is 2. The Labute approximate surface area is 193 Å². The maximum absolute atomic E-state index is 13.1. The predicted octanol–water partition coefficient (Wildman–Crippen LogP) is 3.99. The Bertz CT molecular complexity index is 1410. The minimum absolute atomic E-state index is 0.0726. The van der Waals surface area contributed by atoms with E-state index in [-0.39, 0.29) is 28.8 Å². The lowest BCUT2D eigenvalue weighted by Crippen LogP contribution is -2.24. The van der Waals surface area contributed by atoms with Crippen molar-refractivity contribution in [1.29, 1.82) is 0 Å². The summed E-state index contributed by atoms with van der Waals surface area (Å²) < 4.78 is 1.83. The lowest BCUT2D eigenvalue weighted by atomic mass is 9.83. The summed E-state index contributed by atoms with van der Waals surface area (Å²) in [7, 11) is 1.85. The van der Waals surface area contributed by atoms with Gasteiger partial charge in [0, 0.05) is 29.3 Å². The van der Waals surface area contributed by atoms with Crippen molar-refractivity contribution < 1.29 is 14.4 Å². The number of anilines is 1. The van der Waals surface area contributed by atoms with Crippen LogP contribution in [0.3, 0.4) is 0 Å². The number of amides is 1. The van der Waals surface area contributed by atoms with Gasteiger partial charge in [-0.25, -0.2) is 0 Å². The first-order valence-corrected chi connectivity index (χ1v) is 11.2. The Hall–Kier alpha value is -4.04. The standard InChI is InChI=1S/C25H18N4O3S/c1-29-24(15-8-3-2-4-9-15)27-28-25(29)33-14-20(30)26-19-13-7-12-18-21(19)23(32)17-11-6-5-10-16(17)22(18)31/h2-13H,14H2,1H3,(H,26,30). The first kappa shape index (κ1) is 20.8. The molecule has 4 aromatic rings. The highest BCUT2D eigenvalue weighted by Gasteiger charge is 2.31. The third-order valence-electron chi connectivity index (χ3n) is 5.43. The molecule has 162 valence electrons. The first-order valence-electron chi connectivity index (χ1n) is 10.2. The van der Waals surface area contributed by atoms with Crippen LogP contribution in [-0.2, 0) is 11.8 Å². The molecule has 1 aliphatic rings. The van der Waals surface area contributed by atoms with Gasteiger partial charge in [-0.2, -0.15) is 0 Å². The molecule has 0 radical (unpaired) electrons. The average molecular weight is 455 g/mol. The number of hydrogen-bond acceptors (Lipinski definition) is 6. The monoisotopic (exact) mass is 454 g/mol. The van der Waals surface area contributed by atoms with Crippen molar-refractivity contribution in [2.75, 3.05) is 11.1 Å². The SMILES string of the molecule is Cn1c(SCC(=O)Nc2cccc3c2C(=O)c2ccccc2C3=O)nnc1-c1ccccc1. The Kier molecular flexibility index (Phi) is 5.35. The molecule has 1 heterocycles. The van der Waals surface area contributed by atoms with Crippen molar-refractivity contribution in [1.82, 2.24) is 14.8 Å². The predicted molar refractivity (Wildman–Crippen MR) is 126 cm³/mol. The summed E-state index contributed by atoms with van der Waals surface area (Å²) >= 11 is 1.24. The highest BCUT2D eigenvalue weighted by Crippen LogP contribution is 2.32. The van der Waals surface area contributed by atoms with Crippen LogP contribution in [0, 0.1) is 0 Å². The zero-order valence-electron chi connectivity index (χ0n) is 17.6. The van der Waals surface area contributed by atoms with Gasteiger partial charge in [-0.1, -0.05) is 78.5 Å². The maximum atomic E-state index is 13.1. The van der Waals surface area contributed by atoms with Gasteiger partial charge >= 0.3 is 0 Å². The number of carbonyl (C=O) groups is 3. The second-order valence-corrected chi connectivity index (χ2v) is 8.44. The summed E-state index contributed by atoms with van der Waals surface area (Å²) in [5.74, 6) is -0.0266. The molecule has 0 spiro atoms. The molecule has 3 aromatic carbocycles. The third kappa shape index (κ3) is 3.74. The van der Waals surface area contributed by atoms with Gasteiger partial charge in [0.15, 0.2) is 22.5 Å². The van der Waals surface area contributed by atoms with Gasteiger partial charge in [-0.3, -0.25) is 14.4 Å². The van der Waals surface area contributed by atoms with Gasteiger partial charge < -0.3 is 9.88 Å². The summed E-state index contributed by atoms with van der Waals surface area (Å²) in [6.45, 7) is 0. The molecule has 5 rings (SSSR count). The molecule has 1 amide bonds. The Morgan fingerprint density at radius 3 is 2.27 bits per heavy atom. The number of aromatic nitrogens is 3. The van der Waals surface area contributed by atoms with Crippen molar-refractivity contribution in [3.63, 3.8) is 0 Å². The molecule has 0 bridgehead atoms. The van der Waals surface area contributed by atoms with Gasteiger partial charge in [0.25, 0.3) is 0 Å². The molecule has 0 atom stereocenters. The minimum Gasteiger partial charge on any atom is -0.325 e. The van der Waals surface area contributed by atoms with E-state index in [2.05, 4.69) is 15.5 Å². The van der Waals surface area contributed by atoms with Crippen molar-refractivity contribution in [2.24, 2.45) is 7.05 Å². The van der Waals surface area contributed by atoms with E-state index < -0.39 is 0 Å². The van der Waals surface area contributed by atoms with E-state index in [0.29, 0.717) is 33.4 Å².